The lowest BCUT2D eigenvalue weighted by molar-refractivity contribution is 0.317. The maximum atomic E-state index is 3.93. The van der Waals surface area contributed by atoms with Crippen molar-refractivity contribution in [3.8, 4) is 0 Å². The Morgan fingerprint density at radius 3 is 2.92 bits per heavy atom. The van der Waals surface area contributed by atoms with E-state index in [1.807, 2.05) is 0 Å². The molecule has 0 amide bonds. The van der Waals surface area contributed by atoms with Gasteiger partial charge in [-0.1, -0.05) is 25.2 Å². The van der Waals surface area contributed by atoms with E-state index < -0.39 is 0 Å². The SMILES string of the molecule is C=CC(CC)CC12C=CC(CC1)C2. The number of hydrogen-bond acceptors (Lipinski definition) is 0. The van der Waals surface area contributed by atoms with Crippen LogP contribution in [0.3, 0.4) is 0 Å². The summed E-state index contributed by atoms with van der Waals surface area (Å²) in [5.74, 6) is 1.66. The zero-order valence-corrected chi connectivity index (χ0v) is 8.63. The third-order valence-electron chi connectivity index (χ3n) is 3.93. The van der Waals surface area contributed by atoms with Gasteiger partial charge in [0.15, 0.2) is 0 Å². The highest BCUT2D eigenvalue weighted by molar-refractivity contribution is 5.16. The van der Waals surface area contributed by atoms with Gasteiger partial charge in [-0.15, -0.1) is 6.58 Å². The summed E-state index contributed by atoms with van der Waals surface area (Å²) in [5, 5.41) is 0. The van der Waals surface area contributed by atoms with Gasteiger partial charge in [0.25, 0.3) is 0 Å². The second-order valence-corrected chi connectivity index (χ2v) is 4.83. The molecule has 3 atom stereocenters. The zero-order valence-electron chi connectivity index (χ0n) is 8.63. The predicted molar refractivity (Wildman–Crippen MR) is 57.5 cm³/mol. The Kier molecular flexibility index (Phi) is 2.31. The maximum absolute atomic E-state index is 3.93. The predicted octanol–water partition coefficient (Wildman–Crippen LogP) is 3.95. The molecule has 0 aromatic heterocycles. The second-order valence-electron chi connectivity index (χ2n) is 4.83. The van der Waals surface area contributed by atoms with E-state index in [4.69, 9.17) is 0 Å². The summed E-state index contributed by atoms with van der Waals surface area (Å²) < 4.78 is 0. The zero-order chi connectivity index (χ0) is 9.31. The molecule has 3 unspecified atom stereocenters. The molecule has 0 aromatic carbocycles. The topological polar surface area (TPSA) is 0 Å². The van der Waals surface area contributed by atoms with E-state index in [0.29, 0.717) is 5.41 Å². The summed E-state index contributed by atoms with van der Waals surface area (Å²) in [6.45, 7) is 6.20. The molecule has 1 fully saturated rings. The lowest BCUT2D eigenvalue weighted by Crippen LogP contribution is -2.15. The normalized spacial score (nSPS) is 38.1. The fourth-order valence-electron chi connectivity index (χ4n) is 3.02. The average Bonchev–Trinajstić information content (AvgIpc) is 2.74. The minimum Gasteiger partial charge on any atom is -0.103 e. The average molecular weight is 176 g/mol. The van der Waals surface area contributed by atoms with Crippen molar-refractivity contribution in [3.05, 3.63) is 24.8 Å². The molecular weight excluding hydrogens is 156 g/mol. The van der Waals surface area contributed by atoms with E-state index in [1.165, 1.54) is 32.1 Å². The van der Waals surface area contributed by atoms with Crippen molar-refractivity contribution in [1.29, 1.82) is 0 Å². The minimum absolute atomic E-state index is 0.583. The van der Waals surface area contributed by atoms with Gasteiger partial charge in [0.1, 0.15) is 0 Å². The molecule has 0 radical (unpaired) electrons. The van der Waals surface area contributed by atoms with Crippen LogP contribution >= 0.6 is 0 Å². The molecule has 1 saturated carbocycles. The molecule has 2 aliphatic rings. The molecule has 0 N–H and O–H groups in total. The van der Waals surface area contributed by atoms with Crippen molar-refractivity contribution in [3.63, 3.8) is 0 Å². The minimum atomic E-state index is 0.583. The van der Waals surface area contributed by atoms with Gasteiger partial charge in [-0.3, -0.25) is 0 Å². The van der Waals surface area contributed by atoms with Crippen LogP contribution in [0.4, 0.5) is 0 Å². The van der Waals surface area contributed by atoms with Gasteiger partial charge in [-0.05, 0) is 49.4 Å². The Bertz CT molecular complexity index is 226. The molecule has 0 aliphatic heterocycles. The smallest absolute Gasteiger partial charge is 0.0107 e. The van der Waals surface area contributed by atoms with Crippen molar-refractivity contribution in [2.45, 2.75) is 39.0 Å². The molecular formula is C13H20. The number of fused-ring (bicyclic) bond motifs is 2. The second kappa shape index (κ2) is 3.32. The molecule has 2 bridgehead atoms. The van der Waals surface area contributed by atoms with Crippen LogP contribution in [0.5, 0.6) is 0 Å². The van der Waals surface area contributed by atoms with Crippen molar-refractivity contribution in [1.82, 2.24) is 0 Å². The first-order chi connectivity index (χ1) is 6.28. The van der Waals surface area contributed by atoms with Gasteiger partial charge < -0.3 is 0 Å². The molecule has 0 nitrogen and oxygen atoms in total. The highest BCUT2D eigenvalue weighted by Gasteiger charge is 2.40. The lowest BCUT2D eigenvalue weighted by atomic mass is 9.78. The van der Waals surface area contributed by atoms with Crippen LogP contribution in [0.25, 0.3) is 0 Å². The van der Waals surface area contributed by atoms with Gasteiger partial charge in [-0.25, -0.2) is 0 Å². The Hall–Kier alpha value is -0.520. The monoisotopic (exact) mass is 176 g/mol. The molecule has 72 valence electrons. The van der Waals surface area contributed by atoms with Gasteiger partial charge in [-0.2, -0.15) is 0 Å². The Morgan fingerprint density at radius 2 is 2.54 bits per heavy atom. The van der Waals surface area contributed by atoms with Crippen molar-refractivity contribution >= 4 is 0 Å². The van der Waals surface area contributed by atoms with Crippen molar-refractivity contribution in [2.75, 3.05) is 0 Å². The van der Waals surface area contributed by atoms with Crippen LogP contribution in [0.2, 0.25) is 0 Å². The highest BCUT2D eigenvalue weighted by atomic mass is 14.5. The number of allylic oxidation sites excluding steroid dienone is 3. The first-order valence-electron chi connectivity index (χ1n) is 5.60. The maximum Gasteiger partial charge on any atom is -0.0107 e. The fraction of sp³-hybridized carbons (Fsp3) is 0.692. The standard InChI is InChI=1S/C13H20/c1-3-11(4-2)9-13-7-5-12(10-13)6-8-13/h3,5,7,11-12H,1,4,6,8-10H2,2H3. The van der Waals surface area contributed by atoms with Gasteiger partial charge in [0.2, 0.25) is 0 Å². The van der Waals surface area contributed by atoms with E-state index in [-0.39, 0.29) is 0 Å². The highest BCUT2D eigenvalue weighted by Crippen LogP contribution is 2.52. The van der Waals surface area contributed by atoms with Crippen LogP contribution < -0.4 is 0 Å². The summed E-state index contributed by atoms with van der Waals surface area (Å²) in [6, 6.07) is 0. The summed E-state index contributed by atoms with van der Waals surface area (Å²) in [7, 11) is 0. The third-order valence-corrected chi connectivity index (χ3v) is 3.93. The van der Waals surface area contributed by atoms with Crippen LogP contribution in [0.15, 0.2) is 24.8 Å². The molecule has 0 saturated heterocycles. The molecule has 2 rings (SSSR count). The number of hydrogen-bond donors (Lipinski definition) is 0. The molecule has 0 heteroatoms. The van der Waals surface area contributed by atoms with E-state index in [9.17, 15) is 0 Å². The van der Waals surface area contributed by atoms with E-state index in [2.05, 4.69) is 31.7 Å². The van der Waals surface area contributed by atoms with Crippen LogP contribution in [-0.4, -0.2) is 0 Å². The van der Waals surface area contributed by atoms with Gasteiger partial charge in [0, 0.05) is 0 Å². The van der Waals surface area contributed by atoms with E-state index in [1.54, 1.807) is 0 Å². The molecule has 2 aliphatic carbocycles. The molecule has 0 heterocycles. The van der Waals surface area contributed by atoms with Crippen molar-refractivity contribution in [2.24, 2.45) is 17.3 Å². The third kappa shape index (κ3) is 1.59. The Morgan fingerprint density at radius 1 is 1.69 bits per heavy atom. The largest absolute Gasteiger partial charge is 0.103 e. The molecule has 13 heavy (non-hydrogen) atoms. The molecule has 0 aromatic rings. The summed E-state index contributed by atoms with van der Waals surface area (Å²) in [6.07, 6.45) is 14.0. The number of rotatable bonds is 4. The van der Waals surface area contributed by atoms with Crippen LogP contribution in [0, 0.1) is 17.3 Å². The van der Waals surface area contributed by atoms with Gasteiger partial charge >= 0.3 is 0 Å². The summed E-state index contributed by atoms with van der Waals surface area (Å²) in [4.78, 5) is 0. The lowest BCUT2D eigenvalue weighted by Gasteiger charge is -2.27. The van der Waals surface area contributed by atoms with E-state index in [0.717, 1.165) is 11.8 Å². The summed E-state index contributed by atoms with van der Waals surface area (Å²) in [5.41, 5.74) is 0.583. The van der Waals surface area contributed by atoms with Crippen LogP contribution in [0.1, 0.15) is 39.0 Å². The Balaban J connectivity index is 2.00. The quantitative estimate of drug-likeness (QED) is 0.569. The first kappa shape index (κ1) is 9.05. The van der Waals surface area contributed by atoms with Crippen molar-refractivity contribution < 1.29 is 0 Å². The van der Waals surface area contributed by atoms with Crippen LogP contribution in [-0.2, 0) is 0 Å². The van der Waals surface area contributed by atoms with E-state index >= 15 is 0 Å². The summed E-state index contributed by atoms with van der Waals surface area (Å²) >= 11 is 0. The first-order valence-corrected chi connectivity index (χ1v) is 5.60. The Labute approximate surface area is 81.7 Å². The molecule has 0 spiro atoms. The van der Waals surface area contributed by atoms with Gasteiger partial charge in [0.05, 0.1) is 0 Å². The fourth-order valence-corrected chi connectivity index (χ4v) is 3.02.